The van der Waals surface area contributed by atoms with Crippen LogP contribution in [0.1, 0.15) is 27.0 Å². The lowest BCUT2D eigenvalue weighted by Gasteiger charge is -2.14. The van der Waals surface area contributed by atoms with E-state index in [0.29, 0.717) is 22.4 Å². The summed E-state index contributed by atoms with van der Waals surface area (Å²) in [5.41, 5.74) is 1.77. The van der Waals surface area contributed by atoms with Crippen molar-refractivity contribution < 1.29 is 24.3 Å². The van der Waals surface area contributed by atoms with Crippen LogP contribution in [-0.4, -0.2) is 23.1 Å². The van der Waals surface area contributed by atoms with Gasteiger partial charge >= 0.3 is 5.97 Å². The van der Waals surface area contributed by atoms with Crippen molar-refractivity contribution in [3.05, 3.63) is 98.1 Å². The van der Waals surface area contributed by atoms with Crippen LogP contribution in [0.15, 0.2) is 60.7 Å². The third-order valence-corrected chi connectivity index (χ3v) is 4.89. The van der Waals surface area contributed by atoms with Gasteiger partial charge in [-0.2, -0.15) is 5.26 Å². The van der Waals surface area contributed by atoms with Crippen LogP contribution in [0.25, 0.3) is 11.6 Å². The third kappa shape index (κ3) is 5.67. The quantitative estimate of drug-likeness (QED) is 0.199. The monoisotopic (exact) mass is 464 g/mol. The molecule has 0 aliphatic rings. The largest absolute Gasteiger partial charge is 0.493 e. The average molecular weight is 465 g/mol. The number of non-ortho nitro benzene ring substituents is 1. The molecule has 0 saturated carbocycles. The van der Waals surface area contributed by atoms with E-state index < -0.39 is 10.9 Å². The van der Waals surface area contributed by atoms with Gasteiger partial charge in [0.1, 0.15) is 6.61 Å². The Morgan fingerprint density at radius 1 is 1.18 bits per heavy atom. The molecule has 3 rings (SSSR count). The molecule has 0 radical (unpaired) electrons. The second-order valence-electron chi connectivity index (χ2n) is 6.81. The fraction of sp³-hybridized carbons (Fsp3) is 0.0833. The topological polar surface area (TPSA) is 123 Å². The van der Waals surface area contributed by atoms with Crippen molar-refractivity contribution in [2.75, 3.05) is 7.11 Å². The van der Waals surface area contributed by atoms with Gasteiger partial charge in [0.15, 0.2) is 11.5 Å². The van der Waals surface area contributed by atoms with Crippen LogP contribution in [0.3, 0.4) is 0 Å². The van der Waals surface area contributed by atoms with Crippen molar-refractivity contribution in [3.8, 4) is 17.6 Å². The SMILES string of the molecule is COc1cc(/C=C(/C#N)c2cccc([N+](=O)[O-])c2)cc(Cl)c1OCc1cccc(C(=O)O)c1. The molecule has 0 spiro atoms. The van der Waals surface area contributed by atoms with E-state index in [2.05, 4.69) is 0 Å². The number of hydrogen-bond donors (Lipinski definition) is 1. The third-order valence-electron chi connectivity index (χ3n) is 4.61. The van der Waals surface area contributed by atoms with Gasteiger partial charge in [-0.25, -0.2) is 4.79 Å². The zero-order valence-corrected chi connectivity index (χ0v) is 18.1. The van der Waals surface area contributed by atoms with Gasteiger partial charge in [0, 0.05) is 12.1 Å². The van der Waals surface area contributed by atoms with E-state index in [1.807, 2.05) is 6.07 Å². The summed E-state index contributed by atoms with van der Waals surface area (Å²) in [6, 6.07) is 17.3. The summed E-state index contributed by atoms with van der Waals surface area (Å²) >= 11 is 6.40. The molecule has 0 heterocycles. The maximum atomic E-state index is 11.1. The molecule has 3 aromatic carbocycles. The Morgan fingerprint density at radius 2 is 1.91 bits per heavy atom. The first kappa shape index (κ1) is 23.3. The number of aromatic carboxylic acids is 1. The molecule has 1 N–H and O–H groups in total. The zero-order valence-electron chi connectivity index (χ0n) is 17.3. The minimum Gasteiger partial charge on any atom is -0.493 e. The van der Waals surface area contributed by atoms with E-state index in [-0.39, 0.29) is 34.2 Å². The highest BCUT2D eigenvalue weighted by molar-refractivity contribution is 6.32. The first-order valence-electron chi connectivity index (χ1n) is 9.51. The number of nitrogens with zero attached hydrogens (tertiary/aromatic N) is 2. The van der Waals surface area contributed by atoms with Crippen molar-refractivity contribution in [3.63, 3.8) is 0 Å². The molecule has 0 bridgehead atoms. The normalized spacial score (nSPS) is 10.9. The summed E-state index contributed by atoms with van der Waals surface area (Å²) < 4.78 is 11.2. The van der Waals surface area contributed by atoms with E-state index in [9.17, 15) is 20.2 Å². The minimum atomic E-state index is -1.04. The van der Waals surface area contributed by atoms with E-state index in [0.717, 1.165) is 0 Å². The van der Waals surface area contributed by atoms with Crippen LogP contribution < -0.4 is 9.47 Å². The number of halogens is 1. The lowest BCUT2D eigenvalue weighted by Crippen LogP contribution is -2.01. The van der Waals surface area contributed by atoms with Gasteiger partial charge in [-0.15, -0.1) is 0 Å². The summed E-state index contributed by atoms with van der Waals surface area (Å²) in [5, 5.41) is 29.9. The molecule has 0 aromatic heterocycles. The second-order valence-corrected chi connectivity index (χ2v) is 7.21. The average Bonchev–Trinajstić information content (AvgIpc) is 2.81. The van der Waals surface area contributed by atoms with Crippen LogP contribution in [-0.2, 0) is 6.61 Å². The highest BCUT2D eigenvalue weighted by atomic mass is 35.5. The van der Waals surface area contributed by atoms with Crippen LogP contribution in [0.2, 0.25) is 5.02 Å². The molecule has 0 aliphatic carbocycles. The van der Waals surface area contributed by atoms with E-state index in [1.165, 1.54) is 43.5 Å². The summed E-state index contributed by atoms with van der Waals surface area (Å²) in [5.74, 6) is -0.481. The Bertz CT molecular complexity index is 1300. The van der Waals surface area contributed by atoms with Gasteiger partial charge in [0.25, 0.3) is 5.69 Å². The minimum absolute atomic E-state index is 0.0590. The second kappa shape index (κ2) is 10.3. The van der Waals surface area contributed by atoms with Crippen molar-refractivity contribution in [1.29, 1.82) is 5.26 Å². The Labute approximate surface area is 194 Å². The van der Waals surface area contributed by atoms with Gasteiger partial charge in [-0.05, 0) is 47.0 Å². The molecule has 3 aromatic rings. The number of carbonyl (C=O) groups is 1. The first-order valence-corrected chi connectivity index (χ1v) is 9.89. The number of nitro groups is 1. The molecule has 0 aliphatic heterocycles. The lowest BCUT2D eigenvalue weighted by molar-refractivity contribution is -0.384. The van der Waals surface area contributed by atoms with Crippen LogP contribution in [0.5, 0.6) is 11.5 Å². The molecular weight excluding hydrogens is 448 g/mol. The fourth-order valence-electron chi connectivity index (χ4n) is 3.05. The number of benzene rings is 3. The highest BCUT2D eigenvalue weighted by Gasteiger charge is 2.14. The van der Waals surface area contributed by atoms with Gasteiger partial charge < -0.3 is 14.6 Å². The van der Waals surface area contributed by atoms with Gasteiger partial charge in [0.2, 0.25) is 0 Å². The van der Waals surface area contributed by atoms with Gasteiger partial charge in [-0.1, -0.05) is 35.9 Å². The first-order chi connectivity index (χ1) is 15.8. The number of rotatable bonds is 8. The summed E-state index contributed by atoms with van der Waals surface area (Å²) in [6.45, 7) is 0.0590. The number of methoxy groups -OCH3 is 1. The molecule has 9 heteroatoms. The molecule has 33 heavy (non-hydrogen) atoms. The summed E-state index contributed by atoms with van der Waals surface area (Å²) in [6.07, 6.45) is 1.54. The van der Waals surface area contributed by atoms with E-state index >= 15 is 0 Å². The molecular formula is C24H17ClN2O6. The van der Waals surface area contributed by atoms with Gasteiger partial charge in [-0.3, -0.25) is 10.1 Å². The number of nitriles is 1. The number of nitro benzene ring substituents is 1. The number of ether oxygens (including phenoxy) is 2. The van der Waals surface area contributed by atoms with E-state index in [1.54, 1.807) is 30.3 Å². The predicted octanol–water partition coefficient (Wildman–Crippen LogP) is 5.60. The smallest absolute Gasteiger partial charge is 0.335 e. The van der Waals surface area contributed by atoms with Crippen molar-refractivity contribution in [2.45, 2.75) is 6.61 Å². The molecule has 0 amide bonds. The molecule has 0 atom stereocenters. The lowest BCUT2D eigenvalue weighted by atomic mass is 10.0. The molecule has 0 saturated heterocycles. The number of carboxylic acids is 1. The van der Waals surface area contributed by atoms with Crippen LogP contribution in [0, 0.1) is 21.4 Å². The van der Waals surface area contributed by atoms with Crippen LogP contribution >= 0.6 is 11.6 Å². The van der Waals surface area contributed by atoms with E-state index in [4.69, 9.17) is 26.2 Å². The molecule has 8 nitrogen and oxygen atoms in total. The number of carboxylic acid groups (broad SMARTS) is 1. The van der Waals surface area contributed by atoms with Crippen LogP contribution in [0.4, 0.5) is 5.69 Å². The molecule has 0 unspecified atom stereocenters. The van der Waals surface area contributed by atoms with Crippen molar-refractivity contribution in [2.24, 2.45) is 0 Å². The number of allylic oxidation sites excluding steroid dienone is 1. The van der Waals surface area contributed by atoms with Crippen molar-refractivity contribution >= 4 is 34.9 Å². The van der Waals surface area contributed by atoms with Crippen molar-refractivity contribution in [1.82, 2.24) is 0 Å². The Balaban J connectivity index is 1.90. The maximum absolute atomic E-state index is 11.1. The standard InChI is InChI=1S/C24H17ClN2O6/c1-32-22-11-16(9-19(13-26)17-5-3-7-20(12-17)27(30)31)10-21(25)23(22)33-14-15-4-2-6-18(8-15)24(28)29/h2-12H,14H2,1H3,(H,28,29)/b19-9-. The Morgan fingerprint density at radius 3 is 2.58 bits per heavy atom. The maximum Gasteiger partial charge on any atom is 0.335 e. The van der Waals surface area contributed by atoms with Gasteiger partial charge in [0.05, 0.1) is 34.3 Å². The zero-order chi connectivity index (χ0) is 24.0. The summed E-state index contributed by atoms with van der Waals surface area (Å²) in [4.78, 5) is 21.6. The Kier molecular flexibility index (Phi) is 7.28. The summed E-state index contributed by atoms with van der Waals surface area (Å²) in [7, 11) is 1.43. The molecule has 166 valence electrons. The fourth-order valence-corrected chi connectivity index (χ4v) is 3.32. The number of hydrogen-bond acceptors (Lipinski definition) is 6. The molecule has 0 fully saturated rings. The Hall–Kier alpha value is -4.35. The predicted molar refractivity (Wildman–Crippen MR) is 122 cm³/mol. The highest BCUT2D eigenvalue weighted by Crippen LogP contribution is 2.38.